The van der Waals surface area contributed by atoms with E-state index in [0.717, 1.165) is 11.1 Å². The molecule has 0 unspecified atom stereocenters. The van der Waals surface area contributed by atoms with Gasteiger partial charge in [0.15, 0.2) is 0 Å². The summed E-state index contributed by atoms with van der Waals surface area (Å²) in [5, 5.41) is 0. The van der Waals surface area contributed by atoms with Crippen LogP contribution in [0.2, 0.25) is 0 Å². The van der Waals surface area contributed by atoms with Gasteiger partial charge in [0, 0.05) is 29.7 Å². The van der Waals surface area contributed by atoms with Gasteiger partial charge in [0.05, 0.1) is 7.11 Å². The summed E-state index contributed by atoms with van der Waals surface area (Å²) in [4.78, 5) is 8.18. The largest absolute Gasteiger partial charge is 0.481 e. The first-order valence-electron chi connectivity index (χ1n) is 4.31. The Morgan fingerprint density at radius 1 is 1.14 bits per heavy atom. The fourth-order valence-electron chi connectivity index (χ4n) is 1.30. The van der Waals surface area contributed by atoms with Crippen LogP contribution in [0.25, 0.3) is 11.1 Å². The molecule has 0 aromatic carbocycles. The lowest BCUT2D eigenvalue weighted by Crippen LogP contribution is -1.90. The first kappa shape index (κ1) is 8.69. The molecule has 0 spiro atoms. The number of aromatic nitrogens is 2. The van der Waals surface area contributed by atoms with E-state index in [0.29, 0.717) is 5.88 Å². The van der Waals surface area contributed by atoms with Crippen molar-refractivity contribution in [1.29, 1.82) is 0 Å². The highest BCUT2D eigenvalue weighted by atomic mass is 16.5. The predicted octanol–water partition coefficient (Wildman–Crippen LogP) is 2.15. The van der Waals surface area contributed by atoms with Crippen molar-refractivity contribution in [2.75, 3.05) is 7.11 Å². The van der Waals surface area contributed by atoms with Crippen molar-refractivity contribution in [3.05, 3.63) is 42.9 Å². The smallest absolute Gasteiger partial charge is 0.221 e. The fraction of sp³-hybridized carbons (Fsp3) is 0.0909. The average molecular weight is 186 g/mol. The van der Waals surface area contributed by atoms with Crippen LogP contribution in [0.1, 0.15) is 0 Å². The third-order valence-corrected chi connectivity index (χ3v) is 1.94. The topological polar surface area (TPSA) is 35.0 Å². The van der Waals surface area contributed by atoms with Crippen molar-refractivity contribution in [1.82, 2.24) is 9.97 Å². The Morgan fingerprint density at radius 2 is 2.00 bits per heavy atom. The first-order chi connectivity index (χ1) is 6.92. The Morgan fingerprint density at radius 3 is 2.71 bits per heavy atom. The molecule has 0 saturated heterocycles. The zero-order valence-electron chi connectivity index (χ0n) is 7.84. The second-order valence-corrected chi connectivity index (χ2v) is 2.80. The lowest BCUT2D eigenvalue weighted by molar-refractivity contribution is 0.399. The van der Waals surface area contributed by atoms with E-state index in [1.165, 1.54) is 0 Å². The van der Waals surface area contributed by atoms with E-state index in [-0.39, 0.29) is 0 Å². The van der Waals surface area contributed by atoms with Crippen LogP contribution in [0, 0.1) is 0 Å². The van der Waals surface area contributed by atoms with E-state index in [1.807, 2.05) is 24.3 Å². The van der Waals surface area contributed by atoms with E-state index in [9.17, 15) is 0 Å². The number of rotatable bonds is 2. The number of hydrogen-bond donors (Lipinski definition) is 0. The van der Waals surface area contributed by atoms with Crippen LogP contribution in [-0.2, 0) is 0 Å². The third kappa shape index (κ3) is 1.57. The van der Waals surface area contributed by atoms with Gasteiger partial charge in [-0.15, -0.1) is 0 Å². The number of methoxy groups -OCH3 is 1. The average Bonchev–Trinajstić information content (AvgIpc) is 2.30. The Hall–Kier alpha value is -1.90. The Bertz CT molecular complexity index is 415. The quantitative estimate of drug-likeness (QED) is 0.720. The van der Waals surface area contributed by atoms with Gasteiger partial charge in [-0.3, -0.25) is 4.98 Å². The van der Waals surface area contributed by atoms with Gasteiger partial charge in [0.25, 0.3) is 0 Å². The monoisotopic (exact) mass is 186 g/mol. The number of ether oxygens (including phenoxy) is 1. The molecule has 0 aliphatic carbocycles. The second kappa shape index (κ2) is 3.87. The van der Waals surface area contributed by atoms with Crippen molar-refractivity contribution in [3.8, 4) is 17.0 Å². The van der Waals surface area contributed by atoms with Crippen LogP contribution in [-0.4, -0.2) is 17.1 Å². The zero-order chi connectivity index (χ0) is 9.80. The van der Waals surface area contributed by atoms with Crippen LogP contribution < -0.4 is 4.74 Å². The maximum absolute atomic E-state index is 5.16. The zero-order valence-corrected chi connectivity index (χ0v) is 7.84. The van der Waals surface area contributed by atoms with E-state index in [4.69, 9.17) is 4.74 Å². The molecule has 14 heavy (non-hydrogen) atoms. The standard InChI is InChI=1S/C11H10N2O/c1-14-11-10(5-3-7-13-11)9-4-2-6-12-8-9/h2-8H,1H3. The molecule has 2 heterocycles. The summed E-state index contributed by atoms with van der Waals surface area (Å²) in [5.74, 6) is 0.625. The molecule has 2 rings (SSSR count). The van der Waals surface area contributed by atoms with Crippen molar-refractivity contribution < 1.29 is 4.74 Å². The van der Waals surface area contributed by atoms with Crippen LogP contribution in [0.15, 0.2) is 42.9 Å². The van der Waals surface area contributed by atoms with Crippen molar-refractivity contribution in [2.45, 2.75) is 0 Å². The highest BCUT2D eigenvalue weighted by molar-refractivity contribution is 5.67. The van der Waals surface area contributed by atoms with E-state index in [2.05, 4.69) is 9.97 Å². The van der Waals surface area contributed by atoms with Crippen molar-refractivity contribution in [3.63, 3.8) is 0 Å². The van der Waals surface area contributed by atoms with Gasteiger partial charge in [-0.25, -0.2) is 4.98 Å². The molecule has 2 aromatic rings. The summed E-state index contributed by atoms with van der Waals surface area (Å²) in [6.07, 6.45) is 5.24. The third-order valence-electron chi connectivity index (χ3n) is 1.94. The maximum atomic E-state index is 5.16. The van der Waals surface area contributed by atoms with Crippen LogP contribution >= 0.6 is 0 Å². The highest BCUT2D eigenvalue weighted by Crippen LogP contribution is 2.25. The van der Waals surface area contributed by atoms with Gasteiger partial charge in [-0.2, -0.15) is 0 Å². The Kier molecular flexibility index (Phi) is 2.40. The minimum atomic E-state index is 0.625. The Balaban J connectivity index is 2.51. The molecule has 2 aromatic heterocycles. The summed E-state index contributed by atoms with van der Waals surface area (Å²) in [6.45, 7) is 0. The summed E-state index contributed by atoms with van der Waals surface area (Å²) in [6, 6.07) is 7.71. The van der Waals surface area contributed by atoms with Crippen LogP contribution in [0.5, 0.6) is 5.88 Å². The van der Waals surface area contributed by atoms with Crippen LogP contribution in [0.4, 0.5) is 0 Å². The van der Waals surface area contributed by atoms with Gasteiger partial charge >= 0.3 is 0 Å². The molecule has 0 fully saturated rings. The second-order valence-electron chi connectivity index (χ2n) is 2.80. The molecule has 3 heteroatoms. The molecular formula is C11H10N2O. The molecule has 0 aliphatic heterocycles. The van der Waals surface area contributed by atoms with Gasteiger partial charge in [-0.1, -0.05) is 6.07 Å². The molecule has 0 bridgehead atoms. The summed E-state index contributed by atoms with van der Waals surface area (Å²) in [5.41, 5.74) is 1.97. The molecular weight excluding hydrogens is 176 g/mol. The van der Waals surface area contributed by atoms with E-state index in [1.54, 1.807) is 25.7 Å². The molecule has 3 nitrogen and oxygen atoms in total. The lowest BCUT2D eigenvalue weighted by atomic mass is 10.1. The van der Waals surface area contributed by atoms with E-state index < -0.39 is 0 Å². The summed E-state index contributed by atoms with van der Waals surface area (Å²) < 4.78 is 5.16. The highest BCUT2D eigenvalue weighted by Gasteiger charge is 2.04. The minimum Gasteiger partial charge on any atom is -0.481 e. The number of nitrogens with zero attached hydrogens (tertiary/aromatic N) is 2. The predicted molar refractivity (Wildman–Crippen MR) is 54.0 cm³/mol. The summed E-state index contributed by atoms with van der Waals surface area (Å²) >= 11 is 0. The van der Waals surface area contributed by atoms with Crippen molar-refractivity contribution in [2.24, 2.45) is 0 Å². The fourth-order valence-corrected chi connectivity index (χ4v) is 1.30. The molecule has 0 saturated carbocycles. The maximum Gasteiger partial charge on any atom is 0.221 e. The molecule has 0 radical (unpaired) electrons. The normalized spacial score (nSPS) is 9.79. The molecule has 0 atom stereocenters. The molecule has 70 valence electrons. The first-order valence-corrected chi connectivity index (χ1v) is 4.31. The van der Waals surface area contributed by atoms with Gasteiger partial charge < -0.3 is 4.74 Å². The SMILES string of the molecule is COc1ncccc1-c1cccnc1. The Labute approximate surface area is 82.4 Å². The summed E-state index contributed by atoms with van der Waals surface area (Å²) in [7, 11) is 1.61. The molecule has 0 amide bonds. The molecule has 0 N–H and O–H groups in total. The van der Waals surface area contributed by atoms with Crippen LogP contribution in [0.3, 0.4) is 0 Å². The number of hydrogen-bond acceptors (Lipinski definition) is 3. The number of pyridine rings is 2. The molecule has 0 aliphatic rings. The van der Waals surface area contributed by atoms with Gasteiger partial charge in [-0.05, 0) is 18.2 Å². The lowest BCUT2D eigenvalue weighted by Gasteiger charge is -2.05. The minimum absolute atomic E-state index is 0.625. The van der Waals surface area contributed by atoms with Gasteiger partial charge in [0.2, 0.25) is 5.88 Å². The van der Waals surface area contributed by atoms with E-state index >= 15 is 0 Å². The van der Waals surface area contributed by atoms with Gasteiger partial charge in [0.1, 0.15) is 0 Å². The van der Waals surface area contributed by atoms with Crippen molar-refractivity contribution >= 4 is 0 Å².